The molecule has 3 rings (SSSR count). The van der Waals surface area contributed by atoms with E-state index in [1.165, 1.54) is 11.9 Å². The van der Waals surface area contributed by atoms with E-state index in [4.69, 9.17) is 9.47 Å². The minimum Gasteiger partial charge on any atom is -0.444 e. The summed E-state index contributed by atoms with van der Waals surface area (Å²) in [5.74, 6) is -1.51. The van der Waals surface area contributed by atoms with Gasteiger partial charge in [-0.25, -0.2) is 19.2 Å². The number of amides is 9. The molecular weight excluding hydrogens is 847 g/mol. The summed E-state index contributed by atoms with van der Waals surface area (Å²) in [6.07, 6.45) is 1.41. The number of carbonyl (C=O) groups is 7. The number of benzene rings is 2. The van der Waals surface area contributed by atoms with Crippen molar-refractivity contribution >= 4 is 42.0 Å². The fraction of sp³-hybridized carbons (Fsp3) is 0.604. The van der Waals surface area contributed by atoms with E-state index >= 15 is 0 Å². The lowest BCUT2D eigenvalue weighted by atomic mass is 9.99. The van der Waals surface area contributed by atoms with Gasteiger partial charge in [0, 0.05) is 52.7 Å². The van der Waals surface area contributed by atoms with Gasteiger partial charge in [-0.2, -0.15) is 0 Å². The maximum atomic E-state index is 14.4. The average molecular weight is 922 g/mol. The molecule has 4 atom stereocenters. The zero-order valence-corrected chi connectivity index (χ0v) is 40.6. The first-order chi connectivity index (χ1) is 31.0. The van der Waals surface area contributed by atoms with Crippen molar-refractivity contribution < 1.29 is 43.0 Å². The predicted molar refractivity (Wildman–Crippen MR) is 252 cm³/mol. The van der Waals surface area contributed by atoms with Gasteiger partial charge < -0.3 is 56.5 Å². The molecule has 1 aliphatic heterocycles. The van der Waals surface area contributed by atoms with Gasteiger partial charge in [0.05, 0.1) is 6.04 Å². The second kappa shape index (κ2) is 26.2. The molecule has 9 amide bonds. The summed E-state index contributed by atoms with van der Waals surface area (Å²) < 4.78 is 10.8. The Morgan fingerprint density at radius 1 is 0.727 bits per heavy atom. The zero-order chi connectivity index (χ0) is 49.0. The van der Waals surface area contributed by atoms with Crippen LogP contribution in [-0.2, 0) is 30.3 Å². The lowest BCUT2D eigenvalue weighted by molar-refractivity contribution is -0.138. The number of nitrogens with zero attached hydrogens (tertiary/aromatic N) is 2. The fourth-order valence-corrected chi connectivity index (χ4v) is 7.30. The molecule has 66 heavy (non-hydrogen) atoms. The van der Waals surface area contributed by atoms with E-state index in [9.17, 15) is 33.6 Å². The number of piperidine rings is 1. The molecule has 18 heteroatoms. The van der Waals surface area contributed by atoms with Gasteiger partial charge in [0.2, 0.25) is 17.7 Å². The first-order valence-corrected chi connectivity index (χ1v) is 23.0. The van der Waals surface area contributed by atoms with Crippen LogP contribution < -0.4 is 37.2 Å². The van der Waals surface area contributed by atoms with E-state index in [0.29, 0.717) is 45.3 Å². The van der Waals surface area contributed by atoms with E-state index < -0.39 is 65.4 Å². The topological polar surface area (TPSA) is 229 Å². The highest BCUT2D eigenvalue weighted by Gasteiger charge is 2.34. The molecule has 0 radical (unpaired) electrons. The van der Waals surface area contributed by atoms with Gasteiger partial charge >= 0.3 is 24.2 Å². The molecule has 0 spiro atoms. The molecule has 18 nitrogen and oxygen atoms in total. The zero-order valence-electron chi connectivity index (χ0n) is 40.6. The Kier molecular flexibility index (Phi) is 21.5. The highest BCUT2D eigenvalue weighted by molar-refractivity contribution is 5.94. The SMILES string of the molecule is CNC(=O)NC1CCN(C(=O)[C@@H](CCCCNC(=O)OC(C)(C)C)NC(=O)[C@@H](CC(C)C)NC(=O)[C@@H](Cc2ccccc2)NC(=O)N(C)C(CNC(=O)OC(C)(C)C)c2ccccc2)CC1. The number of nitrogens with one attached hydrogen (secondary N) is 7. The molecule has 0 saturated carbocycles. The quantitative estimate of drug-likeness (QED) is 0.0872. The molecule has 7 N–H and O–H groups in total. The summed E-state index contributed by atoms with van der Waals surface area (Å²) in [4.78, 5) is 97.0. The van der Waals surface area contributed by atoms with Crippen molar-refractivity contribution in [3.05, 3.63) is 71.8 Å². The number of ether oxygens (including phenoxy) is 2. The van der Waals surface area contributed by atoms with Crippen molar-refractivity contribution in [3.8, 4) is 0 Å². The summed E-state index contributed by atoms with van der Waals surface area (Å²) in [7, 11) is 3.11. The number of rotatable bonds is 20. The summed E-state index contributed by atoms with van der Waals surface area (Å²) in [6.45, 7) is 15.4. The van der Waals surface area contributed by atoms with Crippen molar-refractivity contribution in [1.29, 1.82) is 0 Å². The molecule has 366 valence electrons. The van der Waals surface area contributed by atoms with E-state index in [1.807, 2.05) is 74.5 Å². The second-order valence-corrected chi connectivity index (χ2v) is 19.1. The van der Waals surface area contributed by atoms with Gasteiger partial charge in [-0.3, -0.25) is 14.4 Å². The Balaban J connectivity index is 1.84. The van der Waals surface area contributed by atoms with Crippen molar-refractivity contribution in [2.24, 2.45) is 5.92 Å². The van der Waals surface area contributed by atoms with Crippen molar-refractivity contribution in [3.63, 3.8) is 0 Å². The molecule has 2 aromatic carbocycles. The van der Waals surface area contributed by atoms with Gasteiger partial charge in [-0.05, 0) is 97.1 Å². The predicted octanol–water partition coefficient (Wildman–Crippen LogP) is 5.14. The maximum absolute atomic E-state index is 14.4. The highest BCUT2D eigenvalue weighted by Crippen LogP contribution is 2.20. The Bertz CT molecular complexity index is 1880. The number of hydrogen-bond acceptors (Lipinski definition) is 9. The van der Waals surface area contributed by atoms with E-state index in [0.717, 1.165) is 11.1 Å². The van der Waals surface area contributed by atoms with Gasteiger partial charge in [0.1, 0.15) is 29.3 Å². The Hall–Kier alpha value is -6.07. The normalized spacial score (nSPS) is 14.9. The fourth-order valence-electron chi connectivity index (χ4n) is 7.30. The summed E-state index contributed by atoms with van der Waals surface area (Å²) in [5, 5.41) is 19.7. The molecule has 1 heterocycles. The lowest BCUT2D eigenvalue weighted by Crippen LogP contribution is -2.59. The van der Waals surface area contributed by atoms with Crippen LogP contribution in [0.4, 0.5) is 19.2 Å². The van der Waals surface area contributed by atoms with Crippen LogP contribution in [-0.4, -0.2) is 127 Å². The number of urea groups is 2. The molecule has 1 unspecified atom stereocenters. The monoisotopic (exact) mass is 922 g/mol. The minimum absolute atomic E-state index is 0.0140. The highest BCUT2D eigenvalue weighted by atomic mass is 16.6. The Morgan fingerprint density at radius 3 is 1.83 bits per heavy atom. The number of likely N-dealkylation sites (tertiary alicyclic amines) is 1. The summed E-state index contributed by atoms with van der Waals surface area (Å²) >= 11 is 0. The average Bonchev–Trinajstić information content (AvgIpc) is 3.24. The molecular formula is C48H75N9O9. The molecule has 0 bridgehead atoms. The summed E-state index contributed by atoms with van der Waals surface area (Å²) in [5.41, 5.74) is 0.102. The van der Waals surface area contributed by atoms with Crippen molar-refractivity contribution in [1.82, 2.24) is 47.0 Å². The van der Waals surface area contributed by atoms with E-state index in [-0.39, 0.29) is 49.7 Å². The van der Waals surface area contributed by atoms with Gasteiger partial charge in [-0.15, -0.1) is 0 Å². The number of likely N-dealkylation sites (N-methyl/N-ethyl adjacent to an activating group) is 1. The minimum atomic E-state index is -1.14. The van der Waals surface area contributed by atoms with Crippen LogP contribution in [0.25, 0.3) is 0 Å². The smallest absolute Gasteiger partial charge is 0.407 e. The molecule has 0 aromatic heterocycles. The largest absolute Gasteiger partial charge is 0.444 e. The molecule has 1 aliphatic rings. The van der Waals surface area contributed by atoms with Crippen LogP contribution in [0.1, 0.15) is 111 Å². The third kappa shape index (κ3) is 20.0. The molecule has 1 fully saturated rings. The second-order valence-electron chi connectivity index (χ2n) is 19.1. The van der Waals surface area contributed by atoms with E-state index in [2.05, 4.69) is 37.2 Å². The van der Waals surface area contributed by atoms with Crippen molar-refractivity contribution in [2.75, 3.05) is 40.3 Å². The maximum Gasteiger partial charge on any atom is 0.407 e. The first kappa shape index (κ1) is 54.3. The number of carbonyl (C=O) groups excluding carboxylic acids is 7. The van der Waals surface area contributed by atoms with Crippen LogP contribution >= 0.6 is 0 Å². The molecule has 0 aliphatic carbocycles. The van der Waals surface area contributed by atoms with Gasteiger partial charge in [0.15, 0.2) is 0 Å². The number of hydrogen-bond donors (Lipinski definition) is 7. The van der Waals surface area contributed by atoms with Crippen LogP contribution in [0.3, 0.4) is 0 Å². The Morgan fingerprint density at radius 2 is 1.27 bits per heavy atom. The van der Waals surface area contributed by atoms with Crippen LogP contribution in [0.5, 0.6) is 0 Å². The third-order valence-corrected chi connectivity index (χ3v) is 10.6. The lowest BCUT2D eigenvalue weighted by Gasteiger charge is -2.35. The summed E-state index contributed by atoms with van der Waals surface area (Å²) in [6, 6.07) is 13.5. The van der Waals surface area contributed by atoms with Crippen molar-refractivity contribution in [2.45, 2.75) is 142 Å². The van der Waals surface area contributed by atoms with Crippen LogP contribution in [0.15, 0.2) is 60.7 Å². The van der Waals surface area contributed by atoms with Crippen LogP contribution in [0, 0.1) is 5.92 Å². The molecule has 2 aromatic rings. The first-order valence-electron chi connectivity index (χ1n) is 23.0. The Labute approximate surface area is 390 Å². The standard InChI is InChI=1S/C48H75N9O9/c1-32(2)29-37(40(58)53-36(23-17-18-26-50-45(63)65-47(3,4)5)42(60)57-27-24-35(25-28-57)52-43(61)49-9)54-41(59)38(30-33-19-13-11-14-20-33)55-44(62)56(10)39(34-21-15-12-16-22-34)31-51-46(64)66-48(6,7)8/h11-16,19-22,32,35-39H,17-18,23-31H2,1-10H3,(H,50,63)(H,51,64)(H,53,58)(H,54,59)(H,55,62)(H2,49,52,61)/t36-,37-,38-,39?/m1/s1. The van der Waals surface area contributed by atoms with Crippen LogP contribution in [0.2, 0.25) is 0 Å². The number of unbranched alkanes of at least 4 members (excludes halogenated alkanes) is 1. The molecule has 1 saturated heterocycles. The van der Waals surface area contributed by atoms with Gasteiger partial charge in [0.25, 0.3) is 0 Å². The third-order valence-electron chi connectivity index (χ3n) is 10.6. The number of alkyl carbamates (subject to hydrolysis) is 2. The van der Waals surface area contributed by atoms with Gasteiger partial charge in [-0.1, -0.05) is 74.5 Å². The van der Waals surface area contributed by atoms with E-state index in [1.54, 1.807) is 53.5 Å².